The van der Waals surface area contributed by atoms with Crippen molar-refractivity contribution in [2.75, 3.05) is 6.61 Å². The Labute approximate surface area is 139 Å². The fraction of sp³-hybridized carbons (Fsp3) is 0.263. The summed E-state index contributed by atoms with van der Waals surface area (Å²) in [5, 5.41) is 9.11. The molecule has 0 fully saturated rings. The van der Waals surface area contributed by atoms with Gasteiger partial charge in [0.15, 0.2) is 0 Å². The number of carbonyl (C=O) groups is 1. The number of carboxylic acids is 1. The van der Waals surface area contributed by atoms with Crippen LogP contribution in [0, 0.1) is 0 Å². The number of imidazole rings is 1. The molecule has 0 saturated heterocycles. The Kier molecular flexibility index (Phi) is 3.13. The van der Waals surface area contributed by atoms with Gasteiger partial charge in [-0.05, 0) is 48.2 Å². The number of hydrogen-bond donors (Lipinski definition) is 2. The topological polar surface area (TPSA) is 75.2 Å². The summed E-state index contributed by atoms with van der Waals surface area (Å²) in [6, 6.07) is 11.0. The van der Waals surface area contributed by atoms with Crippen molar-refractivity contribution in [1.82, 2.24) is 9.97 Å². The first-order valence-electron chi connectivity index (χ1n) is 7.95. The third kappa shape index (κ3) is 2.33. The molecule has 0 bridgehead atoms. The van der Waals surface area contributed by atoms with Gasteiger partial charge >= 0.3 is 5.97 Å². The Bertz CT molecular complexity index is 956. The van der Waals surface area contributed by atoms with E-state index >= 15 is 0 Å². The van der Waals surface area contributed by atoms with Crippen LogP contribution in [0.5, 0.6) is 5.75 Å². The molecule has 0 atom stereocenters. The Morgan fingerprint density at radius 2 is 2.08 bits per heavy atom. The molecular weight excluding hydrogens is 304 g/mol. The lowest BCUT2D eigenvalue weighted by molar-refractivity contribution is 0.0697. The molecule has 1 aromatic heterocycles. The molecule has 0 radical (unpaired) electrons. The second-order valence-corrected chi connectivity index (χ2v) is 6.82. The summed E-state index contributed by atoms with van der Waals surface area (Å²) >= 11 is 0. The first-order valence-corrected chi connectivity index (χ1v) is 7.95. The van der Waals surface area contributed by atoms with Crippen LogP contribution in [0.4, 0.5) is 0 Å². The van der Waals surface area contributed by atoms with Crippen LogP contribution in [0.2, 0.25) is 0 Å². The molecular formula is C19H18N2O3. The Morgan fingerprint density at radius 1 is 1.25 bits per heavy atom. The number of benzene rings is 2. The first kappa shape index (κ1) is 14.8. The minimum absolute atomic E-state index is 0.0616. The van der Waals surface area contributed by atoms with Gasteiger partial charge in [-0.1, -0.05) is 13.8 Å². The van der Waals surface area contributed by atoms with Gasteiger partial charge in [0.1, 0.15) is 11.6 Å². The van der Waals surface area contributed by atoms with Crippen LogP contribution in [0.3, 0.4) is 0 Å². The number of rotatable bonds is 2. The molecule has 3 aromatic rings. The van der Waals surface area contributed by atoms with Gasteiger partial charge in [0.25, 0.3) is 0 Å². The van der Waals surface area contributed by atoms with Crippen molar-refractivity contribution in [3.8, 4) is 17.1 Å². The van der Waals surface area contributed by atoms with E-state index < -0.39 is 5.97 Å². The van der Waals surface area contributed by atoms with E-state index in [1.165, 1.54) is 5.56 Å². The SMILES string of the molecule is CC1(C)CCOc2ccc(-c3nc4cc(C(=O)O)ccc4[nH]3)cc21. The minimum Gasteiger partial charge on any atom is -0.493 e. The molecule has 0 amide bonds. The molecule has 2 aromatic carbocycles. The van der Waals surface area contributed by atoms with Crippen LogP contribution in [0.1, 0.15) is 36.2 Å². The van der Waals surface area contributed by atoms with E-state index in [9.17, 15) is 4.79 Å². The summed E-state index contributed by atoms with van der Waals surface area (Å²) in [6.45, 7) is 5.17. The van der Waals surface area contributed by atoms with Crippen molar-refractivity contribution in [1.29, 1.82) is 0 Å². The third-order valence-corrected chi connectivity index (χ3v) is 4.70. The highest BCUT2D eigenvalue weighted by molar-refractivity contribution is 5.93. The second kappa shape index (κ2) is 5.09. The fourth-order valence-electron chi connectivity index (χ4n) is 3.16. The van der Waals surface area contributed by atoms with Gasteiger partial charge < -0.3 is 14.8 Å². The van der Waals surface area contributed by atoms with Crippen LogP contribution >= 0.6 is 0 Å². The van der Waals surface area contributed by atoms with Crippen molar-refractivity contribution in [2.24, 2.45) is 0 Å². The molecule has 0 unspecified atom stereocenters. The molecule has 122 valence electrons. The van der Waals surface area contributed by atoms with E-state index in [1.54, 1.807) is 18.2 Å². The molecule has 1 aliphatic heterocycles. The molecule has 0 saturated carbocycles. The highest BCUT2D eigenvalue weighted by atomic mass is 16.5. The number of ether oxygens (including phenoxy) is 1. The standard InChI is InChI=1S/C19H18N2O3/c1-19(2)7-8-24-16-6-4-11(9-13(16)19)17-20-14-5-3-12(18(22)23)10-15(14)21-17/h3-6,9-10H,7-8H2,1-2H3,(H,20,21)(H,22,23). The largest absolute Gasteiger partial charge is 0.493 e. The van der Waals surface area contributed by atoms with Gasteiger partial charge in [0, 0.05) is 11.1 Å². The summed E-state index contributed by atoms with van der Waals surface area (Å²) in [4.78, 5) is 18.9. The first-order chi connectivity index (χ1) is 11.4. The van der Waals surface area contributed by atoms with Gasteiger partial charge in [0.05, 0.1) is 23.2 Å². The number of aromatic carboxylic acids is 1. The fourth-order valence-corrected chi connectivity index (χ4v) is 3.16. The Morgan fingerprint density at radius 3 is 2.88 bits per heavy atom. The minimum atomic E-state index is -0.950. The van der Waals surface area contributed by atoms with Gasteiger partial charge in [-0.3, -0.25) is 0 Å². The predicted molar refractivity (Wildman–Crippen MR) is 91.6 cm³/mol. The monoisotopic (exact) mass is 322 g/mol. The maximum absolute atomic E-state index is 11.1. The van der Waals surface area contributed by atoms with Crippen molar-refractivity contribution in [3.63, 3.8) is 0 Å². The smallest absolute Gasteiger partial charge is 0.335 e. The number of nitrogens with zero attached hydrogens (tertiary/aromatic N) is 1. The molecule has 24 heavy (non-hydrogen) atoms. The highest BCUT2D eigenvalue weighted by Crippen LogP contribution is 2.40. The van der Waals surface area contributed by atoms with E-state index in [-0.39, 0.29) is 11.0 Å². The maximum atomic E-state index is 11.1. The zero-order chi connectivity index (χ0) is 16.9. The number of aromatic nitrogens is 2. The van der Waals surface area contributed by atoms with Gasteiger partial charge in [-0.2, -0.15) is 0 Å². The van der Waals surface area contributed by atoms with E-state index in [0.717, 1.165) is 35.7 Å². The zero-order valence-corrected chi connectivity index (χ0v) is 13.6. The van der Waals surface area contributed by atoms with Gasteiger partial charge in [0.2, 0.25) is 0 Å². The average molecular weight is 322 g/mol. The van der Waals surface area contributed by atoms with E-state index in [1.807, 2.05) is 12.1 Å². The van der Waals surface area contributed by atoms with E-state index in [4.69, 9.17) is 9.84 Å². The third-order valence-electron chi connectivity index (χ3n) is 4.70. The lowest BCUT2D eigenvalue weighted by Gasteiger charge is -2.32. The quantitative estimate of drug-likeness (QED) is 0.748. The van der Waals surface area contributed by atoms with E-state index in [0.29, 0.717) is 5.52 Å². The molecule has 0 spiro atoms. The molecule has 2 heterocycles. The second-order valence-electron chi connectivity index (χ2n) is 6.82. The Hall–Kier alpha value is -2.82. The molecule has 5 heteroatoms. The van der Waals surface area contributed by atoms with Crippen LogP contribution in [-0.2, 0) is 5.41 Å². The van der Waals surface area contributed by atoms with Crippen LogP contribution in [0.25, 0.3) is 22.4 Å². The van der Waals surface area contributed by atoms with Crippen molar-refractivity contribution in [3.05, 3.63) is 47.5 Å². The highest BCUT2D eigenvalue weighted by Gasteiger charge is 2.29. The van der Waals surface area contributed by atoms with E-state index in [2.05, 4.69) is 29.9 Å². The number of H-pyrrole nitrogens is 1. The number of nitrogens with one attached hydrogen (secondary N) is 1. The number of hydrogen-bond acceptors (Lipinski definition) is 3. The van der Waals surface area contributed by atoms with Crippen molar-refractivity contribution in [2.45, 2.75) is 25.7 Å². The Balaban J connectivity index is 1.81. The van der Waals surface area contributed by atoms with Crippen molar-refractivity contribution >= 4 is 17.0 Å². The van der Waals surface area contributed by atoms with Gasteiger partial charge in [-0.15, -0.1) is 0 Å². The molecule has 5 nitrogen and oxygen atoms in total. The molecule has 0 aliphatic carbocycles. The number of fused-ring (bicyclic) bond motifs is 2. The molecule has 4 rings (SSSR count). The summed E-state index contributed by atoms with van der Waals surface area (Å²) in [5.74, 6) is 0.713. The average Bonchev–Trinajstić information content (AvgIpc) is 2.97. The summed E-state index contributed by atoms with van der Waals surface area (Å²) in [7, 11) is 0. The maximum Gasteiger partial charge on any atom is 0.335 e. The molecule has 2 N–H and O–H groups in total. The summed E-state index contributed by atoms with van der Waals surface area (Å²) < 4.78 is 5.76. The summed E-state index contributed by atoms with van der Waals surface area (Å²) in [6.07, 6.45) is 0.978. The zero-order valence-electron chi connectivity index (χ0n) is 13.6. The lowest BCUT2D eigenvalue weighted by Crippen LogP contribution is -2.26. The molecule has 1 aliphatic rings. The van der Waals surface area contributed by atoms with Gasteiger partial charge in [-0.25, -0.2) is 9.78 Å². The van der Waals surface area contributed by atoms with Crippen LogP contribution < -0.4 is 4.74 Å². The lowest BCUT2D eigenvalue weighted by atomic mass is 9.79. The van der Waals surface area contributed by atoms with Crippen LogP contribution in [0.15, 0.2) is 36.4 Å². The normalized spacial score (nSPS) is 15.8. The van der Waals surface area contributed by atoms with Crippen LogP contribution in [-0.4, -0.2) is 27.7 Å². The number of aromatic amines is 1. The predicted octanol–water partition coefficient (Wildman–Crippen LogP) is 3.99. The number of carboxylic acid groups (broad SMARTS) is 1. The van der Waals surface area contributed by atoms with Crippen molar-refractivity contribution < 1.29 is 14.6 Å². The summed E-state index contributed by atoms with van der Waals surface area (Å²) in [5.41, 5.74) is 3.92.